The molecule has 1 atom stereocenters. The van der Waals surface area contributed by atoms with Crippen LogP contribution in [-0.4, -0.2) is 80.2 Å². The topological polar surface area (TPSA) is 95.5 Å². The van der Waals surface area contributed by atoms with Gasteiger partial charge in [-0.25, -0.2) is 9.79 Å². The quantitative estimate of drug-likeness (QED) is 0.308. The maximum atomic E-state index is 12.5. The molecule has 1 aromatic carbocycles. The lowest BCUT2D eigenvalue weighted by Gasteiger charge is -2.35. The Kier molecular flexibility index (Phi) is 11.7. The molecule has 186 valence electrons. The van der Waals surface area contributed by atoms with Crippen LogP contribution in [0.15, 0.2) is 29.3 Å². The molecule has 9 nitrogen and oxygen atoms in total. The molecule has 1 aliphatic heterocycles. The van der Waals surface area contributed by atoms with Gasteiger partial charge >= 0.3 is 6.09 Å². The van der Waals surface area contributed by atoms with Crippen LogP contribution in [0.4, 0.5) is 4.79 Å². The van der Waals surface area contributed by atoms with Crippen molar-refractivity contribution in [1.82, 2.24) is 20.4 Å². The van der Waals surface area contributed by atoms with E-state index >= 15 is 0 Å². The number of carbonyl (C=O) groups excluding carboxylic acids is 2. The number of benzene rings is 1. The zero-order valence-electron chi connectivity index (χ0n) is 20.5. The van der Waals surface area contributed by atoms with Gasteiger partial charge in [0.1, 0.15) is 11.4 Å². The van der Waals surface area contributed by atoms with Crippen LogP contribution >= 0.6 is 24.0 Å². The number of amides is 2. The summed E-state index contributed by atoms with van der Waals surface area (Å²) in [6.07, 6.45) is 1.44. The minimum absolute atomic E-state index is 0. The molecule has 1 heterocycles. The van der Waals surface area contributed by atoms with Crippen LogP contribution in [0.5, 0.6) is 5.75 Å². The molecule has 2 rings (SSSR count). The zero-order chi connectivity index (χ0) is 23.7. The lowest BCUT2D eigenvalue weighted by Crippen LogP contribution is -2.54. The van der Waals surface area contributed by atoms with Crippen LogP contribution in [0.1, 0.15) is 39.2 Å². The highest BCUT2D eigenvalue weighted by Crippen LogP contribution is 2.16. The minimum atomic E-state index is -0.531. The van der Waals surface area contributed by atoms with E-state index in [1.165, 1.54) is 4.90 Å². The molecule has 1 saturated heterocycles. The number of nitrogens with zero attached hydrogens (tertiary/aromatic N) is 3. The Balaban J connectivity index is 0.00000544. The molecule has 2 amide bonds. The molecule has 2 N–H and O–H groups in total. The number of hydrogen-bond donors (Lipinski definition) is 2. The van der Waals surface area contributed by atoms with E-state index in [-0.39, 0.29) is 48.6 Å². The standard InChI is InChI=1S/C23H37N5O4.HI/c1-23(2,3)32-22(30)28-13-7-8-18(16-28)26-21(25-15-20(29)27(4)5)24-14-17-9-11-19(31-6)12-10-17;/h9-12,18H,7-8,13-16H2,1-6H3,(H2,24,25,26);1H. The zero-order valence-corrected chi connectivity index (χ0v) is 22.8. The van der Waals surface area contributed by atoms with Gasteiger partial charge in [0.05, 0.1) is 20.2 Å². The number of piperidine rings is 1. The number of likely N-dealkylation sites (tertiary alicyclic amines) is 1. The van der Waals surface area contributed by atoms with Gasteiger partial charge in [-0.1, -0.05) is 12.1 Å². The number of halogens is 1. The number of hydrogen-bond acceptors (Lipinski definition) is 5. The molecule has 0 spiro atoms. The van der Waals surface area contributed by atoms with Gasteiger partial charge in [0.2, 0.25) is 5.91 Å². The first-order valence-corrected chi connectivity index (χ1v) is 10.9. The molecule has 1 fully saturated rings. The van der Waals surface area contributed by atoms with Crippen LogP contribution in [-0.2, 0) is 16.1 Å². The van der Waals surface area contributed by atoms with Crippen LogP contribution in [0, 0.1) is 0 Å². The van der Waals surface area contributed by atoms with E-state index in [0.717, 1.165) is 24.2 Å². The van der Waals surface area contributed by atoms with E-state index in [9.17, 15) is 9.59 Å². The van der Waals surface area contributed by atoms with Crippen molar-refractivity contribution in [2.24, 2.45) is 4.99 Å². The van der Waals surface area contributed by atoms with Gasteiger partial charge in [-0.15, -0.1) is 24.0 Å². The number of guanidine groups is 1. The molecule has 0 aromatic heterocycles. The van der Waals surface area contributed by atoms with E-state index < -0.39 is 5.60 Å². The summed E-state index contributed by atoms with van der Waals surface area (Å²) >= 11 is 0. The van der Waals surface area contributed by atoms with E-state index in [1.54, 1.807) is 26.1 Å². The summed E-state index contributed by atoms with van der Waals surface area (Å²) in [4.78, 5) is 32.4. The highest BCUT2D eigenvalue weighted by Gasteiger charge is 2.28. The van der Waals surface area contributed by atoms with Crippen molar-refractivity contribution in [2.75, 3.05) is 40.8 Å². The summed E-state index contributed by atoms with van der Waals surface area (Å²) in [5.74, 6) is 1.27. The van der Waals surface area contributed by atoms with Crippen LogP contribution in [0.25, 0.3) is 0 Å². The monoisotopic (exact) mass is 575 g/mol. The van der Waals surface area contributed by atoms with Crippen molar-refractivity contribution in [3.8, 4) is 5.75 Å². The van der Waals surface area contributed by atoms with E-state index in [1.807, 2.05) is 45.0 Å². The lowest BCUT2D eigenvalue weighted by molar-refractivity contribution is -0.127. The molecular formula is C23H38IN5O4. The predicted molar refractivity (Wildman–Crippen MR) is 140 cm³/mol. The van der Waals surface area contributed by atoms with Gasteiger partial charge in [0.15, 0.2) is 5.96 Å². The second-order valence-electron chi connectivity index (χ2n) is 9.06. The first-order chi connectivity index (χ1) is 15.1. The van der Waals surface area contributed by atoms with Crippen molar-refractivity contribution in [2.45, 2.75) is 51.8 Å². The van der Waals surface area contributed by atoms with E-state index in [4.69, 9.17) is 9.47 Å². The Morgan fingerprint density at radius 3 is 2.45 bits per heavy atom. The predicted octanol–water partition coefficient (Wildman–Crippen LogP) is 2.84. The van der Waals surface area contributed by atoms with Crippen LogP contribution < -0.4 is 15.4 Å². The third-order valence-electron chi connectivity index (χ3n) is 4.90. The largest absolute Gasteiger partial charge is 0.497 e. The number of aliphatic imine (C=N–C) groups is 1. The van der Waals surface area contributed by atoms with Crippen molar-refractivity contribution in [1.29, 1.82) is 0 Å². The fourth-order valence-corrected chi connectivity index (χ4v) is 3.15. The third kappa shape index (κ3) is 10.5. The third-order valence-corrected chi connectivity index (χ3v) is 4.90. The van der Waals surface area contributed by atoms with E-state index in [2.05, 4.69) is 15.6 Å². The van der Waals surface area contributed by atoms with Crippen LogP contribution in [0.2, 0.25) is 0 Å². The van der Waals surface area contributed by atoms with Gasteiger partial charge in [0, 0.05) is 33.2 Å². The molecule has 0 radical (unpaired) electrons. The van der Waals surface area contributed by atoms with Gasteiger partial charge in [0.25, 0.3) is 0 Å². The highest BCUT2D eigenvalue weighted by molar-refractivity contribution is 14.0. The maximum Gasteiger partial charge on any atom is 0.410 e. The summed E-state index contributed by atoms with van der Waals surface area (Å²) in [5.41, 5.74) is 0.487. The second-order valence-corrected chi connectivity index (χ2v) is 9.06. The summed E-state index contributed by atoms with van der Waals surface area (Å²) in [6.45, 7) is 7.33. The number of methoxy groups -OCH3 is 1. The average Bonchev–Trinajstić information content (AvgIpc) is 2.74. The molecule has 0 saturated carbocycles. The number of rotatable bonds is 6. The Labute approximate surface area is 214 Å². The van der Waals surface area contributed by atoms with Gasteiger partial charge in [-0.2, -0.15) is 0 Å². The Morgan fingerprint density at radius 1 is 1.21 bits per heavy atom. The minimum Gasteiger partial charge on any atom is -0.497 e. The Bertz CT molecular complexity index is 793. The number of likely N-dealkylation sites (N-methyl/N-ethyl adjacent to an activating group) is 1. The Hall–Kier alpha value is -2.24. The Morgan fingerprint density at radius 2 is 1.88 bits per heavy atom. The molecule has 1 aromatic rings. The highest BCUT2D eigenvalue weighted by atomic mass is 127. The molecule has 10 heteroatoms. The molecule has 1 unspecified atom stereocenters. The van der Waals surface area contributed by atoms with Crippen molar-refractivity contribution in [3.05, 3.63) is 29.8 Å². The summed E-state index contributed by atoms with van der Waals surface area (Å²) in [7, 11) is 5.06. The number of nitrogens with one attached hydrogen (secondary N) is 2. The first kappa shape index (κ1) is 28.8. The SMILES string of the molecule is COc1ccc(CN=C(NCC(=O)N(C)C)NC2CCCN(C(=O)OC(C)(C)C)C2)cc1.I. The molecule has 33 heavy (non-hydrogen) atoms. The van der Waals surface area contributed by atoms with Crippen molar-refractivity contribution < 1.29 is 19.1 Å². The van der Waals surface area contributed by atoms with Gasteiger partial charge in [-0.3, -0.25) is 4.79 Å². The molecule has 1 aliphatic rings. The summed E-state index contributed by atoms with van der Waals surface area (Å²) in [6, 6.07) is 7.69. The van der Waals surface area contributed by atoms with Crippen molar-refractivity contribution in [3.63, 3.8) is 0 Å². The number of ether oxygens (including phenoxy) is 2. The summed E-state index contributed by atoms with van der Waals surface area (Å²) < 4.78 is 10.7. The average molecular weight is 575 g/mol. The van der Waals surface area contributed by atoms with E-state index in [0.29, 0.717) is 25.6 Å². The molecule has 0 aliphatic carbocycles. The first-order valence-electron chi connectivity index (χ1n) is 10.9. The van der Waals surface area contributed by atoms with Gasteiger partial charge in [-0.05, 0) is 51.3 Å². The smallest absolute Gasteiger partial charge is 0.410 e. The second kappa shape index (κ2) is 13.5. The van der Waals surface area contributed by atoms with Crippen LogP contribution in [0.3, 0.4) is 0 Å². The number of carbonyl (C=O) groups is 2. The lowest BCUT2D eigenvalue weighted by atomic mass is 10.1. The normalized spacial score (nSPS) is 16.4. The molecular weight excluding hydrogens is 537 g/mol. The summed E-state index contributed by atoms with van der Waals surface area (Å²) in [5, 5.41) is 6.50. The fraction of sp³-hybridized carbons (Fsp3) is 0.609. The maximum absolute atomic E-state index is 12.5. The fourth-order valence-electron chi connectivity index (χ4n) is 3.15. The van der Waals surface area contributed by atoms with Crippen molar-refractivity contribution >= 4 is 41.9 Å². The van der Waals surface area contributed by atoms with Gasteiger partial charge < -0.3 is 29.9 Å². The molecule has 0 bridgehead atoms.